The number of nitro benzene ring substituents is 1. The number of amides is 1. The molecule has 1 fully saturated rings. The zero-order chi connectivity index (χ0) is 16.6. The molecule has 8 heteroatoms. The second kappa shape index (κ2) is 6.23. The number of carbonyl (C=O) groups excluding carboxylic acids is 1. The van der Waals surface area contributed by atoms with Crippen LogP contribution in [0.15, 0.2) is 40.6 Å². The maximum absolute atomic E-state index is 12.6. The van der Waals surface area contributed by atoms with Gasteiger partial charge < -0.3 is 0 Å². The normalized spacial score (nSPS) is 16.4. The summed E-state index contributed by atoms with van der Waals surface area (Å²) in [5.41, 5.74) is 1.61. The van der Waals surface area contributed by atoms with Crippen molar-refractivity contribution in [2.24, 2.45) is 0 Å². The van der Waals surface area contributed by atoms with Gasteiger partial charge in [-0.2, -0.15) is 0 Å². The molecule has 0 unspecified atom stereocenters. The van der Waals surface area contributed by atoms with Crippen LogP contribution in [0.1, 0.15) is 10.4 Å². The molecule has 1 aliphatic heterocycles. The fraction of sp³-hybridized carbons (Fsp3) is 0.0667. The minimum Gasteiger partial charge on any atom is -0.268 e. The predicted molar refractivity (Wildman–Crippen MR) is 97.8 cm³/mol. The average Bonchev–Trinajstić information content (AvgIpc) is 3.04. The number of nitro groups is 1. The lowest BCUT2D eigenvalue weighted by Crippen LogP contribution is -2.27. The van der Waals surface area contributed by atoms with Gasteiger partial charge in [0.25, 0.3) is 11.6 Å². The standard InChI is InChI=1S/C15H10N2O3S3/c1-9-6-7-22-12(9)8-13-14(18)16(15(21)23-13)10-2-4-11(5-3-10)17(19)20/h2-8H,1H3/b13-8-. The number of carbonyl (C=O) groups is 1. The molecule has 3 rings (SSSR count). The van der Waals surface area contributed by atoms with Gasteiger partial charge in [0.15, 0.2) is 4.32 Å². The third-order valence-corrected chi connectivity index (χ3v) is 5.54. The van der Waals surface area contributed by atoms with Gasteiger partial charge in [0, 0.05) is 17.0 Å². The first-order chi connectivity index (χ1) is 11.0. The molecule has 1 aromatic heterocycles. The highest BCUT2D eigenvalue weighted by atomic mass is 32.2. The van der Waals surface area contributed by atoms with Crippen molar-refractivity contribution in [2.75, 3.05) is 4.90 Å². The highest BCUT2D eigenvalue weighted by Gasteiger charge is 2.33. The maximum Gasteiger partial charge on any atom is 0.270 e. The number of thiophene rings is 1. The molecule has 0 N–H and O–H groups in total. The van der Waals surface area contributed by atoms with Crippen LogP contribution in [0.25, 0.3) is 6.08 Å². The SMILES string of the molecule is Cc1ccsc1/C=C1\SC(=S)N(c2ccc([N+](=O)[O-])cc2)C1=O. The zero-order valence-electron chi connectivity index (χ0n) is 11.9. The maximum atomic E-state index is 12.6. The van der Waals surface area contributed by atoms with E-state index in [-0.39, 0.29) is 11.6 Å². The summed E-state index contributed by atoms with van der Waals surface area (Å²) < 4.78 is 0.421. The second-order valence-corrected chi connectivity index (χ2v) is 7.38. The van der Waals surface area contributed by atoms with Crippen LogP contribution >= 0.6 is 35.3 Å². The first-order valence-electron chi connectivity index (χ1n) is 6.54. The molecule has 2 aromatic rings. The number of benzene rings is 1. The lowest BCUT2D eigenvalue weighted by Gasteiger charge is -2.13. The Morgan fingerprint density at radius 2 is 1.96 bits per heavy atom. The van der Waals surface area contributed by atoms with Gasteiger partial charge in [0.05, 0.1) is 15.5 Å². The Balaban J connectivity index is 1.91. The van der Waals surface area contributed by atoms with E-state index in [1.807, 2.05) is 24.4 Å². The monoisotopic (exact) mass is 362 g/mol. The van der Waals surface area contributed by atoms with Crippen molar-refractivity contribution in [3.63, 3.8) is 0 Å². The molecule has 0 aliphatic carbocycles. The van der Waals surface area contributed by atoms with Crippen LogP contribution in [0.4, 0.5) is 11.4 Å². The van der Waals surface area contributed by atoms with Crippen molar-refractivity contribution in [3.05, 3.63) is 61.2 Å². The summed E-state index contributed by atoms with van der Waals surface area (Å²) in [6.45, 7) is 1.99. The third-order valence-electron chi connectivity index (χ3n) is 3.28. The Bertz CT molecular complexity index is 840. The van der Waals surface area contributed by atoms with Gasteiger partial charge in [-0.25, -0.2) is 0 Å². The highest BCUT2D eigenvalue weighted by molar-refractivity contribution is 8.27. The number of thioether (sulfide) groups is 1. The minimum atomic E-state index is -0.479. The van der Waals surface area contributed by atoms with Crippen molar-refractivity contribution >= 4 is 63.0 Å². The quantitative estimate of drug-likeness (QED) is 0.351. The van der Waals surface area contributed by atoms with Crippen molar-refractivity contribution in [1.29, 1.82) is 0 Å². The zero-order valence-corrected chi connectivity index (χ0v) is 14.3. The largest absolute Gasteiger partial charge is 0.270 e. The molecule has 5 nitrogen and oxygen atoms in total. The van der Waals surface area contributed by atoms with Crippen LogP contribution in [-0.4, -0.2) is 15.2 Å². The fourth-order valence-electron chi connectivity index (χ4n) is 2.07. The number of non-ortho nitro benzene ring substituents is 1. The van der Waals surface area contributed by atoms with Crippen molar-refractivity contribution < 1.29 is 9.72 Å². The van der Waals surface area contributed by atoms with E-state index in [4.69, 9.17) is 12.2 Å². The van der Waals surface area contributed by atoms with Crippen LogP contribution in [0.2, 0.25) is 0 Å². The molecule has 1 aromatic carbocycles. The van der Waals surface area contributed by atoms with Crippen LogP contribution in [0, 0.1) is 17.0 Å². The Morgan fingerprint density at radius 1 is 1.26 bits per heavy atom. The second-order valence-electron chi connectivity index (χ2n) is 4.76. The van der Waals surface area contributed by atoms with Crippen LogP contribution in [-0.2, 0) is 4.79 Å². The number of hydrogen-bond acceptors (Lipinski definition) is 6. The molecule has 23 heavy (non-hydrogen) atoms. The van der Waals surface area contributed by atoms with E-state index in [2.05, 4.69) is 0 Å². The molecule has 116 valence electrons. The molecule has 0 atom stereocenters. The highest BCUT2D eigenvalue weighted by Crippen LogP contribution is 2.37. The van der Waals surface area contributed by atoms with E-state index >= 15 is 0 Å². The predicted octanol–water partition coefficient (Wildman–Crippen LogP) is 4.37. The van der Waals surface area contributed by atoms with Gasteiger partial charge in [0.1, 0.15) is 0 Å². The molecule has 0 radical (unpaired) electrons. The summed E-state index contributed by atoms with van der Waals surface area (Å²) in [5, 5.41) is 12.7. The summed E-state index contributed by atoms with van der Waals surface area (Å²) in [6.07, 6.45) is 1.84. The van der Waals surface area contributed by atoms with E-state index in [0.717, 1.165) is 10.4 Å². The smallest absolute Gasteiger partial charge is 0.268 e. The molecular formula is C15H10N2O3S3. The molecule has 2 heterocycles. The Morgan fingerprint density at radius 3 is 2.52 bits per heavy atom. The first kappa shape index (κ1) is 15.9. The summed E-state index contributed by atoms with van der Waals surface area (Å²) in [4.78, 5) is 25.8. The molecule has 1 aliphatic rings. The van der Waals surface area contributed by atoms with Gasteiger partial charge in [-0.3, -0.25) is 19.8 Å². The Hall–Kier alpha value is -2.03. The van der Waals surface area contributed by atoms with Crippen molar-refractivity contribution in [3.8, 4) is 0 Å². The molecule has 0 spiro atoms. The van der Waals surface area contributed by atoms with E-state index in [1.54, 1.807) is 11.3 Å². The van der Waals surface area contributed by atoms with E-state index < -0.39 is 4.92 Å². The topological polar surface area (TPSA) is 63.4 Å². The van der Waals surface area contributed by atoms with Gasteiger partial charge >= 0.3 is 0 Å². The first-order valence-corrected chi connectivity index (χ1v) is 8.64. The average molecular weight is 362 g/mol. The summed E-state index contributed by atoms with van der Waals surface area (Å²) in [6, 6.07) is 7.78. The van der Waals surface area contributed by atoms with Crippen molar-refractivity contribution in [2.45, 2.75) is 6.92 Å². The molecule has 1 saturated heterocycles. The Labute approximate surface area is 145 Å². The van der Waals surface area contributed by atoms with Gasteiger partial charge in [0.2, 0.25) is 0 Å². The van der Waals surface area contributed by atoms with E-state index in [1.165, 1.54) is 40.9 Å². The summed E-state index contributed by atoms with van der Waals surface area (Å²) >= 11 is 8.09. The molecular weight excluding hydrogens is 352 g/mol. The third kappa shape index (κ3) is 3.05. The summed E-state index contributed by atoms with van der Waals surface area (Å²) in [5.74, 6) is -0.207. The number of nitrogens with zero attached hydrogens (tertiary/aromatic N) is 2. The van der Waals surface area contributed by atoms with Crippen LogP contribution in [0.5, 0.6) is 0 Å². The Kier molecular flexibility index (Phi) is 4.29. The molecule has 1 amide bonds. The van der Waals surface area contributed by atoms with Crippen LogP contribution < -0.4 is 4.90 Å². The fourth-order valence-corrected chi connectivity index (χ4v) is 4.28. The minimum absolute atomic E-state index is 0.0241. The van der Waals surface area contributed by atoms with Gasteiger partial charge in [-0.1, -0.05) is 24.0 Å². The number of anilines is 1. The number of rotatable bonds is 3. The number of aryl methyl sites for hydroxylation is 1. The lowest BCUT2D eigenvalue weighted by molar-refractivity contribution is -0.384. The number of thiocarbonyl (C=S) groups is 1. The lowest BCUT2D eigenvalue weighted by atomic mass is 10.2. The van der Waals surface area contributed by atoms with E-state index in [9.17, 15) is 14.9 Å². The molecule has 0 bridgehead atoms. The summed E-state index contributed by atoms with van der Waals surface area (Å²) in [7, 11) is 0. The van der Waals surface area contributed by atoms with Gasteiger partial charge in [-0.05, 0) is 42.1 Å². The van der Waals surface area contributed by atoms with Crippen LogP contribution in [0.3, 0.4) is 0 Å². The molecule has 0 saturated carbocycles. The van der Waals surface area contributed by atoms with E-state index in [0.29, 0.717) is 14.9 Å². The van der Waals surface area contributed by atoms with Crippen molar-refractivity contribution in [1.82, 2.24) is 0 Å². The van der Waals surface area contributed by atoms with Gasteiger partial charge in [-0.15, -0.1) is 11.3 Å². The number of hydrogen-bond donors (Lipinski definition) is 0.